The molecule has 2 fully saturated rings. The number of fused-ring (bicyclic) bond motifs is 1. The van der Waals surface area contributed by atoms with Crippen molar-refractivity contribution in [3.05, 3.63) is 30.1 Å². The molecule has 0 bridgehead atoms. The Morgan fingerprint density at radius 2 is 1.81 bits per heavy atom. The molecule has 1 aromatic heterocycles. The Morgan fingerprint density at radius 1 is 1.12 bits per heavy atom. The van der Waals surface area contributed by atoms with Gasteiger partial charge in [-0.1, -0.05) is 12.1 Å². The minimum atomic E-state index is -0.250. The number of carbonyl (C=O) groups is 1. The highest BCUT2D eigenvalue weighted by atomic mass is 16.3. The molecular weight excluding hydrogens is 328 g/mol. The lowest BCUT2D eigenvalue weighted by molar-refractivity contribution is -0.122. The van der Waals surface area contributed by atoms with Gasteiger partial charge in [-0.25, -0.2) is 4.98 Å². The predicted molar refractivity (Wildman–Crippen MR) is 103 cm³/mol. The second-order valence-corrected chi connectivity index (χ2v) is 7.37. The summed E-state index contributed by atoms with van der Waals surface area (Å²) in [7, 11) is 0. The fourth-order valence-corrected chi connectivity index (χ4v) is 4.19. The molecule has 4 rings (SSSR count). The predicted octanol–water partition coefficient (Wildman–Crippen LogP) is 2.61. The summed E-state index contributed by atoms with van der Waals surface area (Å²) >= 11 is 0. The molecule has 26 heavy (non-hydrogen) atoms. The van der Waals surface area contributed by atoms with Crippen LogP contribution < -0.4 is 0 Å². The summed E-state index contributed by atoms with van der Waals surface area (Å²) in [5, 5.41) is 6.89. The number of piperidine rings is 1. The lowest BCUT2D eigenvalue weighted by Crippen LogP contribution is -2.40. The number of carboxylic acid groups (broad SMARTS) is 1. The molecule has 2 aliphatic rings. The van der Waals surface area contributed by atoms with E-state index in [1.807, 2.05) is 0 Å². The number of likely N-dealkylation sites (tertiary alicyclic amines) is 2. The van der Waals surface area contributed by atoms with Crippen molar-refractivity contribution in [2.24, 2.45) is 5.92 Å². The van der Waals surface area contributed by atoms with Crippen molar-refractivity contribution in [3.8, 4) is 0 Å². The van der Waals surface area contributed by atoms with Crippen molar-refractivity contribution in [3.63, 3.8) is 0 Å². The molecule has 1 unspecified atom stereocenters. The minimum Gasteiger partial charge on any atom is -0.483 e. The van der Waals surface area contributed by atoms with Crippen molar-refractivity contribution in [2.75, 3.05) is 39.3 Å². The molecule has 2 saturated heterocycles. The van der Waals surface area contributed by atoms with Crippen molar-refractivity contribution in [2.45, 2.75) is 32.1 Å². The first kappa shape index (κ1) is 18.9. The molecule has 3 heterocycles. The summed E-state index contributed by atoms with van der Waals surface area (Å²) in [5.74, 6) is 1.92. The second-order valence-electron chi connectivity index (χ2n) is 7.37. The average molecular weight is 358 g/mol. The van der Waals surface area contributed by atoms with Crippen LogP contribution in [0.1, 0.15) is 31.5 Å². The third kappa shape index (κ3) is 5.29. The molecule has 0 amide bonds. The minimum absolute atomic E-state index is 0.250. The van der Waals surface area contributed by atoms with Gasteiger partial charge in [-0.2, -0.15) is 0 Å². The zero-order chi connectivity index (χ0) is 18.2. The summed E-state index contributed by atoms with van der Waals surface area (Å²) in [6.07, 6.45) is 6.57. The molecule has 2 aliphatic heterocycles. The van der Waals surface area contributed by atoms with E-state index < -0.39 is 0 Å². The van der Waals surface area contributed by atoms with E-state index in [0.717, 1.165) is 23.7 Å². The standard InChI is InChI=1S/C19H28N4.CH2O2/c1-2-8-18-17(7-1)20-19(21-18)14-16-6-5-11-23(15-16)13-12-22-9-3-4-10-22;2-1-3/h1-2,7-8,16H,3-6,9-15H2,(H,20,21);1H,(H,2,3). The number of imidazole rings is 1. The summed E-state index contributed by atoms with van der Waals surface area (Å²) in [5.41, 5.74) is 2.27. The van der Waals surface area contributed by atoms with Crippen LogP contribution in [-0.4, -0.2) is 70.6 Å². The lowest BCUT2D eigenvalue weighted by atomic mass is 9.94. The van der Waals surface area contributed by atoms with Gasteiger partial charge >= 0.3 is 0 Å². The van der Waals surface area contributed by atoms with Gasteiger partial charge < -0.3 is 19.9 Å². The van der Waals surface area contributed by atoms with Gasteiger partial charge in [0.1, 0.15) is 5.82 Å². The van der Waals surface area contributed by atoms with Crippen molar-refractivity contribution < 1.29 is 9.90 Å². The number of nitrogens with one attached hydrogen (secondary N) is 1. The summed E-state index contributed by atoms with van der Waals surface area (Å²) in [6.45, 7) is 7.41. The molecule has 6 nitrogen and oxygen atoms in total. The number of aromatic nitrogens is 2. The molecule has 1 atom stereocenters. The number of benzene rings is 1. The van der Waals surface area contributed by atoms with Crippen LogP contribution >= 0.6 is 0 Å². The SMILES string of the molecule is O=CO.c1ccc2[nH]c(CC3CCCN(CCN4CCCC4)C3)nc2c1. The molecule has 2 aromatic rings. The van der Waals surface area contributed by atoms with E-state index in [0.29, 0.717) is 0 Å². The number of aromatic amines is 1. The molecule has 0 radical (unpaired) electrons. The Hall–Kier alpha value is -1.92. The average Bonchev–Trinajstić information content (AvgIpc) is 3.30. The molecule has 142 valence electrons. The zero-order valence-electron chi connectivity index (χ0n) is 15.4. The highest BCUT2D eigenvalue weighted by Crippen LogP contribution is 2.21. The zero-order valence-corrected chi connectivity index (χ0v) is 15.4. The number of para-hydroxylation sites is 2. The van der Waals surface area contributed by atoms with Crippen LogP contribution in [0.15, 0.2) is 24.3 Å². The number of hydrogen-bond donors (Lipinski definition) is 2. The first-order chi connectivity index (χ1) is 12.8. The monoisotopic (exact) mass is 358 g/mol. The Morgan fingerprint density at radius 3 is 2.58 bits per heavy atom. The molecule has 1 aromatic carbocycles. The van der Waals surface area contributed by atoms with E-state index in [4.69, 9.17) is 14.9 Å². The number of rotatable bonds is 5. The molecule has 0 aliphatic carbocycles. The van der Waals surface area contributed by atoms with Crippen LogP contribution in [0.4, 0.5) is 0 Å². The van der Waals surface area contributed by atoms with Gasteiger partial charge in [0, 0.05) is 26.1 Å². The molecule has 0 saturated carbocycles. The second kappa shape index (κ2) is 9.69. The van der Waals surface area contributed by atoms with E-state index in [2.05, 4.69) is 39.0 Å². The highest BCUT2D eigenvalue weighted by Gasteiger charge is 2.22. The van der Waals surface area contributed by atoms with Gasteiger partial charge in [-0.3, -0.25) is 4.79 Å². The maximum absolute atomic E-state index is 8.36. The summed E-state index contributed by atoms with van der Waals surface area (Å²) in [4.78, 5) is 21.9. The van der Waals surface area contributed by atoms with E-state index in [1.54, 1.807) is 0 Å². The van der Waals surface area contributed by atoms with Gasteiger partial charge in [0.05, 0.1) is 11.0 Å². The van der Waals surface area contributed by atoms with Gasteiger partial charge in [-0.15, -0.1) is 0 Å². The van der Waals surface area contributed by atoms with Crippen molar-refractivity contribution in [1.29, 1.82) is 0 Å². The van der Waals surface area contributed by atoms with Crippen LogP contribution in [0.2, 0.25) is 0 Å². The Bertz CT molecular complexity index is 648. The van der Waals surface area contributed by atoms with E-state index in [9.17, 15) is 0 Å². The van der Waals surface area contributed by atoms with Crippen molar-refractivity contribution >= 4 is 17.5 Å². The molecule has 2 N–H and O–H groups in total. The van der Waals surface area contributed by atoms with Gasteiger partial charge in [-0.05, 0) is 63.4 Å². The van der Waals surface area contributed by atoms with Crippen LogP contribution in [0, 0.1) is 5.92 Å². The van der Waals surface area contributed by atoms with Gasteiger partial charge in [0.15, 0.2) is 0 Å². The summed E-state index contributed by atoms with van der Waals surface area (Å²) in [6, 6.07) is 8.35. The van der Waals surface area contributed by atoms with Crippen LogP contribution in [0.5, 0.6) is 0 Å². The highest BCUT2D eigenvalue weighted by molar-refractivity contribution is 5.74. The fraction of sp³-hybridized carbons (Fsp3) is 0.600. The van der Waals surface area contributed by atoms with Gasteiger partial charge in [0.25, 0.3) is 6.47 Å². The third-order valence-electron chi connectivity index (χ3n) is 5.45. The lowest BCUT2D eigenvalue weighted by Gasteiger charge is -2.33. The first-order valence-corrected chi connectivity index (χ1v) is 9.74. The van der Waals surface area contributed by atoms with Crippen LogP contribution in [0.25, 0.3) is 11.0 Å². The van der Waals surface area contributed by atoms with E-state index in [-0.39, 0.29) is 6.47 Å². The maximum Gasteiger partial charge on any atom is 0.290 e. The Kier molecular flexibility index (Phi) is 7.03. The molecule has 0 spiro atoms. The van der Waals surface area contributed by atoms with Crippen LogP contribution in [-0.2, 0) is 11.2 Å². The third-order valence-corrected chi connectivity index (χ3v) is 5.45. The smallest absolute Gasteiger partial charge is 0.290 e. The summed E-state index contributed by atoms with van der Waals surface area (Å²) < 4.78 is 0. The van der Waals surface area contributed by atoms with Gasteiger partial charge in [0.2, 0.25) is 0 Å². The largest absolute Gasteiger partial charge is 0.483 e. The number of hydrogen-bond acceptors (Lipinski definition) is 4. The van der Waals surface area contributed by atoms with E-state index >= 15 is 0 Å². The maximum atomic E-state index is 8.36. The van der Waals surface area contributed by atoms with E-state index in [1.165, 1.54) is 70.5 Å². The van der Waals surface area contributed by atoms with Crippen molar-refractivity contribution in [1.82, 2.24) is 19.8 Å². The molecule has 6 heteroatoms. The van der Waals surface area contributed by atoms with Crippen LogP contribution in [0.3, 0.4) is 0 Å². The number of nitrogens with zero attached hydrogens (tertiary/aromatic N) is 3. The Balaban J connectivity index is 0.000000613. The fourth-order valence-electron chi connectivity index (χ4n) is 4.19. The Labute approximate surface area is 155 Å². The topological polar surface area (TPSA) is 72.5 Å². The molecular formula is C20H30N4O2. The quantitative estimate of drug-likeness (QED) is 0.804. The number of H-pyrrole nitrogens is 1. The first-order valence-electron chi connectivity index (χ1n) is 9.74. The normalized spacial score (nSPS) is 21.5.